The van der Waals surface area contributed by atoms with Crippen LogP contribution < -0.4 is 0 Å². The number of benzene rings is 2. The van der Waals surface area contributed by atoms with Crippen molar-refractivity contribution in [1.82, 2.24) is 0 Å². The van der Waals surface area contributed by atoms with E-state index in [1.54, 1.807) is 0 Å². The summed E-state index contributed by atoms with van der Waals surface area (Å²) in [6.45, 7) is 11.3. The van der Waals surface area contributed by atoms with Gasteiger partial charge in [0, 0.05) is 5.92 Å². The Hall–Kier alpha value is -1.56. The molecule has 0 heterocycles. The fourth-order valence-electron chi connectivity index (χ4n) is 2.66. The fraction of sp³-hybridized carbons (Fsp3) is 0.368. The van der Waals surface area contributed by atoms with Crippen molar-refractivity contribution in [2.75, 3.05) is 0 Å². The lowest BCUT2D eigenvalue weighted by Crippen LogP contribution is -2.17. The molecule has 0 saturated carbocycles. The predicted molar refractivity (Wildman–Crippen MR) is 85.6 cm³/mol. The summed E-state index contributed by atoms with van der Waals surface area (Å²) in [5.41, 5.74) is 3.04. The lowest BCUT2D eigenvalue weighted by molar-refractivity contribution is 0.367. The summed E-state index contributed by atoms with van der Waals surface area (Å²) in [5.74, 6) is 0.448. The fourth-order valence-corrected chi connectivity index (χ4v) is 2.66. The van der Waals surface area contributed by atoms with Crippen molar-refractivity contribution in [2.45, 2.75) is 40.5 Å². The molecule has 0 fully saturated rings. The molecule has 1 unspecified atom stereocenters. The molecule has 0 radical (unpaired) electrons. The van der Waals surface area contributed by atoms with Crippen LogP contribution in [0.15, 0.2) is 54.1 Å². The topological polar surface area (TPSA) is 0 Å². The Morgan fingerprint density at radius 3 is 2.21 bits per heavy atom. The van der Waals surface area contributed by atoms with E-state index < -0.39 is 0 Å². The third-order valence-electron chi connectivity index (χ3n) is 3.59. The molecule has 0 saturated heterocycles. The Kier molecular flexibility index (Phi) is 3.80. The van der Waals surface area contributed by atoms with Gasteiger partial charge in [0.25, 0.3) is 0 Å². The summed E-state index contributed by atoms with van der Waals surface area (Å²) < 4.78 is 0. The van der Waals surface area contributed by atoms with E-state index in [9.17, 15) is 0 Å². The van der Waals surface area contributed by atoms with Crippen LogP contribution in [0.2, 0.25) is 0 Å². The van der Waals surface area contributed by atoms with E-state index in [0.717, 1.165) is 0 Å². The van der Waals surface area contributed by atoms with Crippen LogP contribution in [-0.2, 0) is 0 Å². The first-order valence-electron chi connectivity index (χ1n) is 7.02. The number of hydrogen-bond acceptors (Lipinski definition) is 0. The van der Waals surface area contributed by atoms with Crippen molar-refractivity contribution in [2.24, 2.45) is 5.41 Å². The second-order valence-electron chi connectivity index (χ2n) is 6.66. The Balaban J connectivity index is 2.66. The first kappa shape index (κ1) is 13.9. The summed E-state index contributed by atoms with van der Waals surface area (Å²) in [7, 11) is 0. The van der Waals surface area contributed by atoms with Crippen LogP contribution in [0.3, 0.4) is 0 Å². The Labute approximate surface area is 117 Å². The molecule has 0 spiro atoms. The minimum absolute atomic E-state index is 0.224. The molecule has 100 valence electrons. The predicted octanol–water partition coefficient (Wildman–Crippen LogP) is 5.94. The maximum atomic E-state index is 2.40. The van der Waals surface area contributed by atoms with E-state index in [2.05, 4.69) is 83.2 Å². The summed E-state index contributed by atoms with van der Waals surface area (Å²) in [6.07, 6.45) is 2.40. The highest BCUT2D eigenvalue weighted by Gasteiger charge is 2.25. The van der Waals surface area contributed by atoms with Crippen LogP contribution in [0.1, 0.15) is 46.1 Å². The molecule has 0 N–H and O–H groups in total. The molecule has 2 aromatic rings. The molecule has 0 amide bonds. The van der Waals surface area contributed by atoms with E-state index in [0.29, 0.717) is 5.92 Å². The monoisotopic (exact) mass is 252 g/mol. The number of hydrogen-bond donors (Lipinski definition) is 0. The second kappa shape index (κ2) is 5.21. The lowest BCUT2D eigenvalue weighted by atomic mass is 9.74. The highest BCUT2D eigenvalue weighted by Crippen LogP contribution is 2.39. The second-order valence-corrected chi connectivity index (χ2v) is 6.66. The third kappa shape index (κ3) is 3.07. The minimum atomic E-state index is 0.224. The van der Waals surface area contributed by atoms with Crippen LogP contribution in [0.5, 0.6) is 0 Å². The van der Waals surface area contributed by atoms with Gasteiger partial charge in [-0.25, -0.2) is 0 Å². The van der Waals surface area contributed by atoms with Gasteiger partial charge in [-0.15, -0.1) is 0 Å². The zero-order chi connectivity index (χ0) is 14.0. The van der Waals surface area contributed by atoms with Gasteiger partial charge < -0.3 is 0 Å². The smallest absolute Gasteiger partial charge is 0.00751 e. The zero-order valence-electron chi connectivity index (χ0n) is 12.7. The van der Waals surface area contributed by atoms with Crippen LogP contribution in [-0.4, -0.2) is 0 Å². The van der Waals surface area contributed by atoms with E-state index in [1.165, 1.54) is 21.9 Å². The van der Waals surface area contributed by atoms with Gasteiger partial charge in [-0.2, -0.15) is 0 Å². The van der Waals surface area contributed by atoms with Gasteiger partial charge >= 0.3 is 0 Å². The first-order valence-corrected chi connectivity index (χ1v) is 7.02. The van der Waals surface area contributed by atoms with Crippen molar-refractivity contribution in [3.8, 4) is 0 Å². The van der Waals surface area contributed by atoms with Crippen LogP contribution in [0.25, 0.3) is 10.8 Å². The van der Waals surface area contributed by atoms with Crippen LogP contribution in [0, 0.1) is 5.41 Å². The molecule has 0 aromatic heterocycles. The van der Waals surface area contributed by atoms with Gasteiger partial charge in [0.15, 0.2) is 0 Å². The van der Waals surface area contributed by atoms with Crippen molar-refractivity contribution in [3.05, 3.63) is 59.7 Å². The van der Waals surface area contributed by atoms with Gasteiger partial charge in [0.05, 0.1) is 0 Å². The largest absolute Gasteiger partial charge is 0.0798 e. The van der Waals surface area contributed by atoms with Gasteiger partial charge in [0.1, 0.15) is 0 Å². The highest BCUT2D eigenvalue weighted by molar-refractivity contribution is 5.86. The van der Waals surface area contributed by atoms with Crippen molar-refractivity contribution < 1.29 is 0 Å². The highest BCUT2D eigenvalue weighted by atomic mass is 14.3. The van der Waals surface area contributed by atoms with Crippen LogP contribution >= 0.6 is 0 Å². The molecule has 0 bridgehead atoms. The average Bonchev–Trinajstić information content (AvgIpc) is 2.34. The Bertz CT molecular complexity index is 587. The molecular weight excluding hydrogens is 228 g/mol. The van der Waals surface area contributed by atoms with Gasteiger partial charge in [-0.1, -0.05) is 74.9 Å². The SMILES string of the molecule is CC(C)=CC(c1cccc2ccccc12)C(C)(C)C. The van der Waals surface area contributed by atoms with Gasteiger partial charge in [0.2, 0.25) is 0 Å². The van der Waals surface area contributed by atoms with E-state index >= 15 is 0 Å². The van der Waals surface area contributed by atoms with Crippen LogP contribution in [0.4, 0.5) is 0 Å². The van der Waals surface area contributed by atoms with Crippen molar-refractivity contribution in [1.29, 1.82) is 0 Å². The molecule has 0 heteroatoms. The van der Waals surface area contributed by atoms with E-state index in [1.807, 2.05) is 0 Å². The minimum Gasteiger partial charge on any atom is -0.0798 e. The van der Waals surface area contributed by atoms with E-state index in [4.69, 9.17) is 0 Å². The van der Waals surface area contributed by atoms with Crippen molar-refractivity contribution in [3.63, 3.8) is 0 Å². The molecule has 2 rings (SSSR count). The quantitative estimate of drug-likeness (QED) is 0.580. The summed E-state index contributed by atoms with van der Waals surface area (Å²) in [5, 5.41) is 2.71. The lowest BCUT2D eigenvalue weighted by Gasteiger charge is -2.30. The molecule has 0 aliphatic heterocycles. The Morgan fingerprint density at radius 1 is 0.947 bits per heavy atom. The molecule has 1 atom stereocenters. The normalized spacial score (nSPS) is 13.3. The summed E-state index contributed by atoms with van der Waals surface area (Å²) in [6, 6.07) is 15.3. The average molecular weight is 252 g/mol. The standard InChI is InChI=1S/C19H24/c1-14(2)13-18(19(3,4)5)17-12-8-10-15-9-6-7-11-16(15)17/h6-13,18H,1-5H3. The third-order valence-corrected chi connectivity index (χ3v) is 3.59. The van der Waals surface area contributed by atoms with Crippen molar-refractivity contribution >= 4 is 10.8 Å². The number of fused-ring (bicyclic) bond motifs is 1. The maximum absolute atomic E-state index is 2.40. The first-order chi connectivity index (χ1) is 8.89. The molecule has 2 aromatic carbocycles. The zero-order valence-corrected chi connectivity index (χ0v) is 12.7. The number of rotatable bonds is 2. The summed E-state index contributed by atoms with van der Waals surface area (Å²) >= 11 is 0. The van der Waals surface area contributed by atoms with E-state index in [-0.39, 0.29) is 5.41 Å². The molecule has 0 aliphatic rings. The number of allylic oxidation sites excluding steroid dienone is 2. The van der Waals surface area contributed by atoms with Gasteiger partial charge in [-0.3, -0.25) is 0 Å². The molecule has 19 heavy (non-hydrogen) atoms. The van der Waals surface area contributed by atoms with Gasteiger partial charge in [-0.05, 0) is 35.6 Å². The Morgan fingerprint density at radius 2 is 1.58 bits per heavy atom. The summed E-state index contributed by atoms with van der Waals surface area (Å²) in [4.78, 5) is 0. The molecule has 0 aliphatic carbocycles. The maximum Gasteiger partial charge on any atom is 0.00751 e. The molecule has 0 nitrogen and oxygen atoms in total. The molecular formula is C19H24.